The fourth-order valence-electron chi connectivity index (χ4n) is 2.03. The van der Waals surface area contributed by atoms with Gasteiger partial charge in [-0.2, -0.15) is 0 Å². The van der Waals surface area contributed by atoms with Crippen LogP contribution in [0.5, 0.6) is 0 Å². The van der Waals surface area contributed by atoms with Crippen molar-refractivity contribution < 1.29 is 13.7 Å². The Morgan fingerprint density at radius 3 is 2.17 bits per heavy atom. The molecule has 134 valence electrons. The van der Waals surface area contributed by atoms with Crippen molar-refractivity contribution in [1.29, 1.82) is 0 Å². The summed E-state index contributed by atoms with van der Waals surface area (Å²) in [6.07, 6.45) is 0.977. The maximum absolute atomic E-state index is 12.6. The van der Waals surface area contributed by atoms with E-state index in [0.29, 0.717) is 5.56 Å². The number of hydrogen-bond donors (Lipinski definition) is 1. The molecule has 0 amide bonds. The molecule has 3 atom stereocenters. The Labute approximate surface area is 148 Å². The molecule has 0 spiro atoms. The van der Waals surface area contributed by atoms with Crippen LogP contribution in [0.15, 0.2) is 43.0 Å². The summed E-state index contributed by atoms with van der Waals surface area (Å²) >= 11 is 0. The molecule has 0 saturated heterocycles. The van der Waals surface area contributed by atoms with E-state index in [-0.39, 0.29) is 5.92 Å². The van der Waals surface area contributed by atoms with Crippen molar-refractivity contribution in [3.05, 3.63) is 48.6 Å². The van der Waals surface area contributed by atoms with Crippen molar-refractivity contribution in [2.24, 2.45) is 5.92 Å². The maximum atomic E-state index is 12.6. The molecule has 1 aromatic carbocycles. The molecule has 5 heteroatoms. The zero-order valence-electron chi connectivity index (χ0n) is 15.5. The molecule has 0 aliphatic carbocycles. The summed E-state index contributed by atoms with van der Waals surface area (Å²) in [7, 11) is -1.30. The van der Waals surface area contributed by atoms with E-state index in [1.165, 1.54) is 0 Å². The number of carbonyl (C=O) groups excluding carboxylic acids is 1. The average molecular weight is 352 g/mol. The summed E-state index contributed by atoms with van der Waals surface area (Å²) in [5.74, 6) is -0.355. The highest BCUT2D eigenvalue weighted by atomic mass is 32.2. The van der Waals surface area contributed by atoms with Crippen molar-refractivity contribution in [3.8, 4) is 0 Å². The second-order valence-electron chi connectivity index (χ2n) is 7.35. The van der Waals surface area contributed by atoms with E-state index in [0.717, 1.165) is 0 Å². The number of esters is 1. The van der Waals surface area contributed by atoms with Crippen molar-refractivity contribution in [3.63, 3.8) is 0 Å². The van der Waals surface area contributed by atoms with Crippen LogP contribution in [0.3, 0.4) is 0 Å². The fourth-order valence-corrected chi connectivity index (χ4v) is 3.09. The van der Waals surface area contributed by atoms with Gasteiger partial charge in [0.2, 0.25) is 0 Å². The summed E-state index contributed by atoms with van der Waals surface area (Å²) in [5.41, 5.74) is -0.225. The lowest BCUT2D eigenvalue weighted by atomic mass is 9.84. The molecule has 0 bridgehead atoms. The van der Waals surface area contributed by atoms with Gasteiger partial charge < -0.3 is 4.74 Å². The van der Waals surface area contributed by atoms with Gasteiger partial charge in [0.25, 0.3) is 0 Å². The molecule has 0 heterocycles. The first-order valence-corrected chi connectivity index (χ1v) is 9.25. The zero-order chi connectivity index (χ0) is 18.5. The number of carbonyl (C=O) groups is 1. The van der Waals surface area contributed by atoms with Crippen LogP contribution in [-0.2, 0) is 15.7 Å². The Hall–Kier alpha value is -1.46. The number of rotatable bonds is 7. The molecule has 0 radical (unpaired) electrons. The third-order valence-corrected chi connectivity index (χ3v) is 5.85. The average Bonchev–Trinajstić information content (AvgIpc) is 2.51. The number of hydrogen-bond acceptors (Lipinski definition) is 3. The monoisotopic (exact) mass is 351 g/mol. The summed E-state index contributed by atoms with van der Waals surface area (Å²) in [5, 5.41) is 0. The first-order chi connectivity index (χ1) is 11.0. The molecule has 0 unspecified atom stereocenters. The van der Waals surface area contributed by atoms with Crippen molar-refractivity contribution in [1.82, 2.24) is 4.72 Å². The van der Waals surface area contributed by atoms with Crippen LogP contribution in [0.2, 0.25) is 0 Å². The van der Waals surface area contributed by atoms with Gasteiger partial charge in [0.15, 0.2) is 0 Å². The lowest BCUT2D eigenvalue weighted by molar-refractivity contribution is 0.0139. The van der Waals surface area contributed by atoms with Gasteiger partial charge >= 0.3 is 5.97 Å². The first kappa shape index (κ1) is 20.6. The number of benzene rings is 1. The van der Waals surface area contributed by atoms with Gasteiger partial charge in [0.05, 0.1) is 26.8 Å². The minimum Gasteiger partial charge on any atom is -0.453 e. The van der Waals surface area contributed by atoms with E-state index in [1.54, 1.807) is 30.3 Å². The standard InChI is InChI=1S/C19H29NO3S/c1-8-16(23-17(21)15-12-10-9-11-13-15)19(7,14(2)3)20-24(22)18(4,5)6/h8-14,16,20H,1H2,2-7H3/t16-,19+,24+/m0/s1. The van der Waals surface area contributed by atoms with E-state index in [9.17, 15) is 9.00 Å². The third-order valence-electron chi connectivity index (χ3n) is 4.12. The summed E-state index contributed by atoms with van der Waals surface area (Å²) in [4.78, 5) is 12.4. The van der Waals surface area contributed by atoms with Gasteiger partial charge in [-0.1, -0.05) is 38.6 Å². The predicted octanol–water partition coefficient (Wildman–Crippen LogP) is 3.86. The van der Waals surface area contributed by atoms with Crippen molar-refractivity contribution in [2.45, 2.75) is 57.9 Å². The largest absolute Gasteiger partial charge is 0.453 e. The van der Waals surface area contributed by atoms with Gasteiger partial charge in [-0.3, -0.25) is 0 Å². The zero-order valence-corrected chi connectivity index (χ0v) is 16.3. The second-order valence-corrected chi connectivity index (χ2v) is 9.31. The second kappa shape index (κ2) is 8.08. The van der Waals surface area contributed by atoms with Gasteiger partial charge in [0, 0.05) is 0 Å². The minimum absolute atomic E-state index is 0.0652. The maximum Gasteiger partial charge on any atom is 0.338 e. The van der Waals surface area contributed by atoms with Crippen LogP contribution in [0.25, 0.3) is 0 Å². The molecular formula is C19H29NO3S. The van der Waals surface area contributed by atoms with Gasteiger partial charge in [-0.15, -0.1) is 0 Å². The highest BCUT2D eigenvalue weighted by molar-refractivity contribution is 7.84. The highest BCUT2D eigenvalue weighted by Gasteiger charge is 2.41. The Morgan fingerprint density at radius 1 is 1.21 bits per heavy atom. The Bertz CT molecular complexity index is 592. The normalized spacial score (nSPS) is 17.0. The van der Waals surface area contributed by atoms with E-state index in [1.807, 2.05) is 47.6 Å². The number of nitrogens with one attached hydrogen (secondary N) is 1. The van der Waals surface area contributed by atoms with Crippen molar-refractivity contribution in [2.75, 3.05) is 0 Å². The lowest BCUT2D eigenvalue weighted by Gasteiger charge is -2.40. The predicted molar refractivity (Wildman–Crippen MR) is 100 cm³/mol. The van der Waals surface area contributed by atoms with E-state index in [4.69, 9.17) is 4.74 Å². The molecule has 1 rings (SSSR count). The van der Waals surface area contributed by atoms with Gasteiger partial charge in [-0.25, -0.2) is 13.7 Å². The van der Waals surface area contributed by atoms with Crippen LogP contribution in [0.4, 0.5) is 0 Å². The van der Waals surface area contributed by atoms with Gasteiger partial charge in [0.1, 0.15) is 6.10 Å². The lowest BCUT2D eigenvalue weighted by Crippen LogP contribution is -2.59. The van der Waals surface area contributed by atoms with Crippen LogP contribution in [-0.4, -0.2) is 26.6 Å². The van der Waals surface area contributed by atoms with E-state index >= 15 is 0 Å². The molecule has 0 fully saturated rings. The summed E-state index contributed by atoms with van der Waals surface area (Å²) in [6, 6.07) is 8.82. The SMILES string of the molecule is C=C[C@H](OC(=O)c1ccccc1)[C@](C)(N[S@](=O)C(C)(C)C)C(C)C. The fraction of sp³-hybridized carbons (Fsp3) is 0.526. The Balaban J connectivity index is 3.05. The molecular weight excluding hydrogens is 322 g/mol. The van der Waals surface area contributed by atoms with E-state index < -0.39 is 33.3 Å². The topological polar surface area (TPSA) is 55.4 Å². The minimum atomic E-state index is -1.30. The molecule has 0 aliphatic heterocycles. The first-order valence-electron chi connectivity index (χ1n) is 8.10. The van der Waals surface area contributed by atoms with Crippen LogP contribution < -0.4 is 4.72 Å². The Kier molecular flexibility index (Phi) is 6.93. The van der Waals surface area contributed by atoms with E-state index in [2.05, 4.69) is 11.3 Å². The molecule has 0 saturated carbocycles. The smallest absolute Gasteiger partial charge is 0.338 e. The molecule has 0 aromatic heterocycles. The Morgan fingerprint density at radius 2 is 1.75 bits per heavy atom. The third kappa shape index (κ3) is 5.02. The molecule has 0 aliphatic rings. The summed E-state index contributed by atoms with van der Waals surface area (Å²) in [6.45, 7) is 15.4. The van der Waals surface area contributed by atoms with Gasteiger partial charge in [-0.05, 0) is 51.8 Å². The van der Waals surface area contributed by atoms with Crippen LogP contribution in [0.1, 0.15) is 51.9 Å². The molecule has 24 heavy (non-hydrogen) atoms. The van der Waals surface area contributed by atoms with Crippen molar-refractivity contribution >= 4 is 17.0 Å². The molecule has 1 aromatic rings. The summed E-state index contributed by atoms with van der Waals surface area (Å²) < 4.78 is 21.0. The highest BCUT2D eigenvalue weighted by Crippen LogP contribution is 2.27. The molecule has 4 nitrogen and oxygen atoms in total. The van der Waals surface area contributed by atoms with Crippen LogP contribution >= 0.6 is 0 Å². The van der Waals surface area contributed by atoms with Crippen LogP contribution in [0, 0.1) is 5.92 Å². The number of ether oxygens (including phenoxy) is 1. The quantitative estimate of drug-likeness (QED) is 0.599. The molecule has 1 N–H and O–H groups in total.